The summed E-state index contributed by atoms with van der Waals surface area (Å²) in [4.78, 5) is 23.1. The minimum Gasteiger partial charge on any atom is -0.458 e. The molecular formula is C15H19ClO4. The Labute approximate surface area is 124 Å². The van der Waals surface area contributed by atoms with Crippen LogP contribution in [0, 0.1) is 0 Å². The smallest absolute Gasteiger partial charge is 0.339 e. The van der Waals surface area contributed by atoms with Gasteiger partial charge in [0.1, 0.15) is 6.10 Å². The fraction of sp³-hybridized carbons (Fsp3) is 0.467. The van der Waals surface area contributed by atoms with Gasteiger partial charge >= 0.3 is 11.9 Å². The number of benzene rings is 1. The molecule has 0 amide bonds. The molecule has 0 heterocycles. The number of ether oxygens (including phenoxy) is 2. The van der Waals surface area contributed by atoms with Crippen molar-refractivity contribution in [2.24, 2.45) is 0 Å². The van der Waals surface area contributed by atoms with E-state index in [0.29, 0.717) is 17.5 Å². The summed E-state index contributed by atoms with van der Waals surface area (Å²) in [6.45, 7) is 3.41. The number of alkyl halides is 1. The zero-order valence-electron chi connectivity index (χ0n) is 11.7. The van der Waals surface area contributed by atoms with E-state index >= 15 is 0 Å². The molecule has 0 aliphatic carbocycles. The third-order valence-corrected chi connectivity index (χ3v) is 2.95. The summed E-state index contributed by atoms with van der Waals surface area (Å²) in [6.07, 6.45) is 2.11. The van der Waals surface area contributed by atoms with Gasteiger partial charge in [0.15, 0.2) is 6.07 Å². The topological polar surface area (TPSA) is 52.6 Å². The van der Waals surface area contributed by atoms with Crippen molar-refractivity contribution < 1.29 is 19.1 Å². The van der Waals surface area contributed by atoms with Gasteiger partial charge in [0.2, 0.25) is 0 Å². The fourth-order valence-electron chi connectivity index (χ4n) is 1.96. The Morgan fingerprint density at radius 3 is 2.60 bits per heavy atom. The van der Waals surface area contributed by atoms with E-state index in [1.165, 1.54) is 6.92 Å². The van der Waals surface area contributed by atoms with Gasteiger partial charge in [-0.15, -0.1) is 0 Å². The Kier molecular flexibility index (Phi) is 7.09. The largest absolute Gasteiger partial charge is 0.458 e. The van der Waals surface area contributed by atoms with Gasteiger partial charge in [-0.3, -0.25) is 4.79 Å². The van der Waals surface area contributed by atoms with Crippen LogP contribution in [0.4, 0.5) is 0 Å². The summed E-state index contributed by atoms with van der Waals surface area (Å²) in [7, 11) is 0. The molecule has 0 bridgehead atoms. The molecule has 0 radical (unpaired) electrons. The Morgan fingerprint density at radius 1 is 1.30 bits per heavy atom. The number of carbonyl (C=O) groups is 2. The Morgan fingerprint density at radius 2 is 2.00 bits per heavy atom. The minimum absolute atomic E-state index is 0.208. The number of carbonyl (C=O) groups excluding carboxylic acids is 2. The normalized spacial score (nSPS) is 11.8. The molecule has 4 nitrogen and oxygen atoms in total. The number of hydrogen-bond acceptors (Lipinski definition) is 4. The molecule has 0 fully saturated rings. The van der Waals surface area contributed by atoms with Crippen molar-refractivity contribution in [1.29, 1.82) is 0 Å². The van der Waals surface area contributed by atoms with Crippen LogP contribution in [0.25, 0.3) is 0 Å². The van der Waals surface area contributed by atoms with Crippen LogP contribution in [0.2, 0.25) is 0 Å². The molecule has 0 saturated carbocycles. The summed E-state index contributed by atoms with van der Waals surface area (Å²) in [5.41, 5.74) is 1.04. The lowest BCUT2D eigenvalue weighted by Crippen LogP contribution is -2.14. The standard InChI is InChI=1S/C15H19ClO4/c1-3-4-9-14(20-11(2)17)12-7-5-6-8-13(12)15(18)19-10-16/h5-8,14H,3-4,9-10H2,1-2H3. The molecule has 5 heteroatoms. The lowest BCUT2D eigenvalue weighted by Gasteiger charge is -2.19. The second kappa shape index (κ2) is 8.59. The van der Waals surface area contributed by atoms with Crippen molar-refractivity contribution >= 4 is 23.5 Å². The molecule has 1 aromatic rings. The van der Waals surface area contributed by atoms with Gasteiger partial charge in [-0.1, -0.05) is 43.1 Å². The molecule has 1 unspecified atom stereocenters. The number of unbranched alkanes of at least 4 members (excludes halogenated alkanes) is 1. The van der Waals surface area contributed by atoms with Crippen LogP contribution in [-0.4, -0.2) is 18.0 Å². The highest BCUT2D eigenvalue weighted by atomic mass is 35.5. The van der Waals surface area contributed by atoms with Crippen LogP contribution in [0.1, 0.15) is 55.1 Å². The first kappa shape index (κ1) is 16.5. The first-order valence-electron chi connectivity index (χ1n) is 6.59. The van der Waals surface area contributed by atoms with Gasteiger partial charge in [0.05, 0.1) is 5.56 Å². The molecule has 0 aliphatic heterocycles. The van der Waals surface area contributed by atoms with Crippen molar-refractivity contribution in [3.8, 4) is 0 Å². The predicted molar refractivity (Wildman–Crippen MR) is 76.6 cm³/mol. The van der Waals surface area contributed by atoms with E-state index in [2.05, 4.69) is 6.92 Å². The molecule has 20 heavy (non-hydrogen) atoms. The summed E-state index contributed by atoms with van der Waals surface area (Å²) in [5, 5.41) is 0. The van der Waals surface area contributed by atoms with Gasteiger partial charge in [-0.25, -0.2) is 4.79 Å². The number of hydrogen-bond donors (Lipinski definition) is 0. The lowest BCUT2D eigenvalue weighted by molar-refractivity contribution is -0.147. The van der Waals surface area contributed by atoms with Crippen molar-refractivity contribution in [3.05, 3.63) is 35.4 Å². The monoisotopic (exact) mass is 298 g/mol. The van der Waals surface area contributed by atoms with Crippen LogP contribution in [-0.2, 0) is 14.3 Å². The van der Waals surface area contributed by atoms with E-state index in [-0.39, 0.29) is 12.0 Å². The molecule has 1 rings (SSSR count). The van der Waals surface area contributed by atoms with Gasteiger partial charge in [-0.05, 0) is 18.9 Å². The van der Waals surface area contributed by atoms with Gasteiger partial charge in [0.25, 0.3) is 0 Å². The van der Waals surface area contributed by atoms with Crippen LogP contribution in [0.3, 0.4) is 0 Å². The highest BCUT2D eigenvalue weighted by molar-refractivity contribution is 6.17. The Balaban J connectivity index is 3.04. The zero-order chi connectivity index (χ0) is 15.0. The first-order valence-corrected chi connectivity index (χ1v) is 7.12. The highest BCUT2D eigenvalue weighted by Crippen LogP contribution is 2.27. The number of esters is 2. The zero-order valence-corrected chi connectivity index (χ0v) is 12.5. The molecular weight excluding hydrogens is 280 g/mol. The molecule has 110 valence electrons. The maximum atomic E-state index is 11.9. The Hall–Kier alpha value is -1.55. The maximum absolute atomic E-state index is 11.9. The second-order valence-corrected chi connectivity index (χ2v) is 4.59. The maximum Gasteiger partial charge on any atom is 0.339 e. The van der Waals surface area contributed by atoms with Gasteiger partial charge in [0, 0.05) is 12.5 Å². The molecule has 0 saturated heterocycles. The summed E-state index contributed by atoms with van der Waals surface area (Å²) in [5.74, 6) is -0.879. The van der Waals surface area contributed by atoms with Crippen LogP contribution in [0.15, 0.2) is 24.3 Å². The summed E-state index contributed by atoms with van der Waals surface area (Å²) < 4.78 is 10.1. The van der Waals surface area contributed by atoms with E-state index in [0.717, 1.165) is 12.8 Å². The second-order valence-electron chi connectivity index (χ2n) is 4.37. The van der Waals surface area contributed by atoms with Crippen LogP contribution in [0.5, 0.6) is 0 Å². The first-order chi connectivity index (χ1) is 9.60. The molecule has 0 spiro atoms. The SMILES string of the molecule is CCCCC(OC(C)=O)c1ccccc1C(=O)OCCl. The van der Waals surface area contributed by atoms with Gasteiger partial charge in [-0.2, -0.15) is 0 Å². The van der Waals surface area contributed by atoms with Crippen molar-refractivity contribution in [2.45, 2.75) is 39.2 Å². The average molecular weight is 299 g/mol. The predicted octanol–water partition coefficient (Wildman–Crippen LogP) is 3.83. The average Bonchev–Trinajstić information content (AvgIpc) is 2.43. The molecule has 1 atom stereocenters. The van der Waals surface area contributed by atoms with Crippen LogP contribution < -0.4 is 0 Å². The molecule has 0 aromatic heterocycles. The van der Waals surface area contributed by atoms with E-state index in [1.807, 2.05) is 0 Å². The quantitative estimate of drug-likeness (QED) is 0.567. The molecule has 1 aromatic carbocycles. The molecule has 0 N–H and O–H groups in total. The summed E-state index contributed by atoms with van der Waals surface area (Å²) >= 11 is 5.42. The van der Waals surface area contributed by atoms with E-state index in [4.69, 9.17) is 21.1 Å². The third kappa shape index (κ3) is 4.85. The summed E-state index contributed by atoms with van der Waals surface area (Å²) in [6, 6.07) is 6.75. The van der Waals surface area contributed by atoms with Crippen molar-refractivity contribution in [2.75, 3.05) is 6.07 Å². The lowest BCUT2D eigenvalue weighted by atomic mass is 9.98. The fourth-order valence-corrected chi connectivity index (χ4v) is 2.06. The molecule has 0 aliphatic rings. The van der Waals surface area contributed by atoms with Crippen molar-refractivity contribution in [3.63, 3.8) is 0 Å². The van der Waals surface area contributed by atoms with Crippen LogP contribution >= 0.6 is 11.6 Å². The highest BCUT2D eigenvalue weighted by Gasteiger charge is 2.21. The van der Waals surface area contributed by atoms with E-state index in [9.17, 15) is 9.59 Å². The number of rotatable bonds is 7. The Bertz CT molecular complexity index is 459. The van der Waals surface area contributed by atoms with Crippen molar-refractivity contribution in [1.82, 2.24) is 0 Å². The van der Waals surface area contributed by atoms with E-state index in [1.54, 1.807) is 24.3 Å². The minimum atomic E-state index is -0.510. The number of halogens is 1. The van der Waals surface area contributed by atoms with Gasteiger partial charge < -0.3 is 9.47 Å². The third-order valence-electron chi connectivity index (χ3n) is 2.84. The van der Waals surface area contributed by atoms with E-state index < -0.39 is 12.1 Å².